The molecule has 0 spiro atoms. The first-order valence-corrected chi connectivity index (χ1v) is 9.60. The molecule has 0 unspecified atom stereocenters. The van der Waals surface area contributed by atoms with Crippen molar-refractivity contribution in [3.05, 3.63) is 58.9 Å². The minimum Gasteiger partial charge on any atom is -0.486 e. The Hall–Kier alpha value is -3.33. The lowest BCUT2D eigenvalue weighted by molar-refractivity contribution is 0.102. The zero-order valence-electron chi connectivity index (χ0n) is 15.4. The summed E-state index contributed by atoms with van der Waals surface area (Å²) >= 11 is 1.60. The topological polar surface area (TPSA) is 94.8 Å². The molecule has 0 aliphatic heterocycles. The highest BCUT2D eigenvalue weighted by Crippen LogP contribution is 2.25. The van der Waals surface area contributed by atoms with Crippen LogP contribution < -0.4 is 10.1 Å². The molecule has 1 amide bonds. The van der Waals surface area contributed by atoms with E-state index in [-0.39, 0.29) is 12.5 Å². The Kier molecular flexibility index (Phi) is 4.98. The van der Waals surface area contributed by atoms with Crippen molar-refractivity contribution in [1.29, 1.82) is 0 Å². The van der Waals surface area contributed by atoms with Gasteiger partial charge in [0.15, 0.2) is 5.82 Å². The van der Waals surface area contributed by atoms with Gasteiger partial charge in [-0.25, -0.2) is 9.67 Å². The SMILES string of the molecule is CCn1nnnc1COc1ccc(C(=O)Nc2ccc3nc(C)sc3c2)cc1. The van der Waals surface area contributed by atoms with Gasteiger partial charge in [0.05, 0.1) is 15.2 Å². The lowest BCUT2D eigenvalue weighted by atomic mass is 10.2. The van der Waals surface area contributed by atoms with E-state index in [0.717, 1.165) is 20.9 Å². The van der Waals surface area contributed by atoms with Gasteiger partial charge in [-0.1, -0.05) is 0 Å². The second kappa shape index (κ2) is 7.73. The second-order valence-corrected chi connectivity index (χ2v) is 7.33. The van der Waals surface area contributed by atoms with Crippen LogP contribution in [0.25, 0.3) is 10.2 Å². The Morgan fingerprint density at radius 3 is 2.82 bits per heavy atom. The quantitative estimate of drug-likeness (QED) is 0.538. The van der Waals surface area contributed by atoms with Gasteiger partial charge in [-0.05, 0) is 66.7 Å². The van der Waals surface area contributed by atoms with Crippen LogP contribution in [-0.2, 0) is 13.2 Å². The molecule has 0 saturated carbocycles. The summed E-state index contributed by atoms with van der Waals surface area (Å²) < 4.78 is 8.42. The monoisotopic (exact) mass is 394 g/mol. The molecule has 9 heteroatoms. The van der Waals surface area contributed by atoms with E-state index >= 15 is 0 Å². The molecule has 2 heterocycles. The molecule has 0 aliphatic rings. The third-order valence-electron chi connectivity index (χ3n) is 4.14. The van der Waals surface area contributed by atoms with Crippen molar-refractivity contribution in [2.45, 2.75) is 27.0 Å². The highest BCUT2D eigenvalue weighted by atomic mass is 32.1. The van der Waals surface area contributed by atoms with Crippen LogP contribution in [0.4, 0.5) is 5.69 Å². The lowest BCUT2D eigenvalue weighted by Gasteiger charge is -2.08. The molecule has 1 N–H and O–H groups in total. The Labute approximate surface area is 165 Å². The van der Waals surface area contributed by atoms with Gasteiger partial charge < -0.3 is 10.1 Å². The van der Waals surface area contributed by atoms with Crippen LogP contribution in [0, 0.1) is 6.92 Å². The van der Waals surface area contributed by atoms with E-state index < -0.39 is 0 Å². The molecule has 8 nitrogen and oxygen atoms in total. The number of nitrogens with one attached hydrogen (secondary N) is 1. The predicted octanol–water partition coefficient (Wildman–Crippen LogP) is 3.44. The van der Waals surface area contributed by atoms with E-state index in [9.17, 15) is 4.79 Å². The molecule has 0 radical (unpaired) electrons. The van der Waals surface area contributed by atoms with E-state index in [1.54, 1.807) is 40.3 Å². The van der Waals surface area contributed by atoms with Gasteiger partial charge in [-0.15, -0.1) is 16.4 Å². The maximum Gasteiger partial charge on any atom is 0.255 e. The third kappa shape index (κ3) is 3.84. The first kappa shape index (κ1) is 18.1. The van der Waals surface area contributed by atoms with Gasteiger partial charge in [0, 0.05) is 17.8 Å². The van der Waals surface area contributed by atoms with Crippen molar-refractivity contribution in [3.63, 3.8) is 0 Å². The number of aromatic nitrogens is 5. The highest BCUT2D eigenvalue weighted by Gasteiger charge is 2.09. The molecule has 2 aromatic carbocycles. The van der Waals surface area contributed by atoms with Gasteiger partial charge in [0.1, 0.15) is 12.4 Å². The van der Waals surface area contributed by atoms with Crippen molar-refractivity contribution in [2.75, 3.05) is 5.32 Å². The fourth-order valence-corrected chi connectivity index (χ4v) is 3.61. The number of aryl methyl sites for hydroxylation is 2. The number of hydrogen-bond acceptors (Lipinski definition) is 7. The number of nitrogens with zero attached hydrogens (tertiary/aromatic N) is 5. The number of fused-ring (bicyclic) bond motifs is 1. The average molecular weight is 394 g/mol. The number of amides is 1. The number of tetrazole rings is 1. The van der Waals surface area contributed by atoms with Gasteiger partial charge >= 0.3 is 0 Å². The van der Waals surface area contributed by atoms with E-state index in [1.165, 1.54) is 0 Å². The van der Waals surface area contributed by atoms with Crippen molar-refractivity contribution >= 4 is 33.1 Å². The molecule has 0 atom stereocenters. The summed E-state index contributed by atoms with van der Waals surface area (Å²) in [5.41, 5.74) is 2.23. The number of carbonyl (C=O) groups is 1. The molecule has 4 rings (SSSR count). The Balaban J connectivity index is 1.40. The predicted molar refractivity (Wildman–Crippen MR) is 107 cm³/mol. The molecular formula is C19H18N6O2S. The van der Waals surface area contributed by atoms with Crippen LogP contribution in [0.2, 0.25) is 0 Å². The van der Waals surface area contributed by atoms with Crippen LogP contribution in [0.5, 0.6) is 5.75 Å². The van der Waals surface area contributed by atoms with E-state index in [0.29, 0.717) is 23.7 Å². The molecule has 0 bridgehead atoms. The number of benzene rings is 2. The average Bonchev–Trinajstić information content (AvgIpc) is 3.31. The molecule has 0 saturated heterocycles. The molecule has 0 aliphatic carbocycles. The molecule has 0 fully saturated rings. The zero-order valence-corrected chi connectivity index (χ0v) is 16.2. The molecule has 142 valence electrons. The second-order valence-electron chi connectivity index (χ2n) is 6.09. The normalized spacial score (nSPS) is 10.9. The summed E-state index contributed by atoms with van der Waals surface area (Å²) in [6.45, 7) is 4.87. The summed E-state index contributed by atoms with van der Waals surface area (Å²) in [6, 6.07) is 12.7. The van der Waals surface area contributed by atoms with Crippen molar-refractivity contribution in [3.8, 4) is 5.75 Å². The zero-order chi connectivity index (χ0) is 19.5. The number of thiazole rings is 1. The fraction of sp³-hybridized carbons (Fsp3) is 0.211. The molecular weight excluding hydrogens is 376 g/mol. The number of rotatable bonds is 6. The summed E-state index contributed by atoms with van der Waals surface area (Å²) in [6.07, 6.45) is 0. The number of carbonyl (C=O) groups excluding carboxylic acids is 1. The van der Waals surface area contributed by atoms with Gasteiger partial charge in [0.2, 0.25) is 0 Å². The number of ether oxygens (including phenoxy) is 1. The Morgan fingerprint density at radius 1 is 1.21 bits per heavy atom. The van der Waals surface area contributed by atoms with E-state index in [4.69, 9.17) is 4.74 Å². The van der Waals surface area contributed by atoms with Gasteiger partial charge in [-0.3, -0.25) is 4.79 Å². The van der Waals surface area contributed by atoms with Crippen molar-refractivity contribution < 1.29 is 9.53 Å². The Bertz CT molecular complexity index is 1120. The third-order valence-corrected chi connectivity index (χ3v) is 5.08. The van der Waals surface area contributed by atoms with Gasteiger partial charge in [0.25, 0.3) is 5.91 Å². The van der Waals surface area contributed by atoms with Crippen LogP contribution >= 0.6 is 11.3 Å². The fourth-order valence-electron chi connectivity index (χ4n) is 2.74. The van der Waals surface area contributed by atoms with Crippen LogP contribution in [0.15, 0.2) is 42.5 Å². The van der Waals surface area contributed by atoms with E-state index in [1.807, 2.05) is 32.0 Å². The van der Waals surface area contributed by atoms with Gasteiger partial charge in [-0.2, -0.15) is 0 Å². The molecule has 4 aromatic rings. The highest BCUT2D eigenvalue weighted by molar-refractivity contribution is 7.18. The largest absolute Gasteiger partial charge is 0.486 e. The first-order chi connectivity index (χ1) is 13.6. The van der Waals surface area contributed by atoms with Crippen LogP contribution in [-0.4, -0.2) is 31.1 Å². The number of hydrogen-bond donors (Lipinski definition) is 1. The lowest BCUT2D eigenvalue weighted by Crippen LogP contribution is -2.11. The minimum absolute atomic E-state index is 0.179. The smallest absolute Gasteiger partial charge is 0.255 e. The Morgan fingerprint density at radius 2 is 2.04 bits per heavy atom. The molecule has 2 aromatic heterocycles. The minimum atomic E-state index is -0.179. The summed E-state index contributed by atoms with van der Waals surface area (Å²) in [7, 11) is 0. The van der Waals surface area contributed by atoms with Crippen molar-refractivity contribution in [1.82, 2.24) is 25.2 Å². The molecule has 28 heavy (non-hydrogen) atoms. The number of anilines is 1. The van der Waals surface area contributed by atoms with Crippen LogP contribution in [0.1, 0.15) is 28.1 Å². The van der Waals surface area contributed by atoms with Crippen molar-refractivity contribution in [2.24, 2.45) is 0 Å². The maximum absolute atomic E-state index is 12.5. The maximum atomic E-state index is 12.5. The standard InChI is InChI=1S/C19H18N6O2S/c1-3-25-18(22-23-24-25)11-27-15-7-4-13(5-8-15)19(26)21-14-6-9-16-17(10-14)28-12(2)20-16/h4-10H,3,11H2,1-2H3,(H,21,26). The summed E-state index contributed by atoms with van der Waals surface area (Å²) in [4.78, 5) is 16.9. The first-order valence-electron chi connectivity index (χ1n) is 8.79. The summed E-state index contributed by atoms with van der Waals surface area (Å²) in [5, 5.41) is 15.3. The summed E-state index contributed by atoms with van der Waals surface area (Å²) in [5.74, 6) is 1.11. The van der Waals surface area contributed by atoms with E-state index in [2.05, 4.69) is 25.8 Å². The van der Waals surface area contributed by atoms with Crippen LogP contribution in [0.3, 0.4) is 0 Å².